The van der Waals surface area contributed by atoms with Crippen molar-refractivity contribution in [3.05, 3.63) is 0 Å². The van der Waals surface area contributed by atoms with Crippen LogP contribution in [0, 0.1) is 0 Å². The third-order valence-corrected chi connectivity index (χ3v) is 0. The number of hydrogen-bond acceptors (Lipinski definition) is 0. The first-order valence-corrected chi connectivity index (χ1v) is 0. The number of hydrogen-bond donors (Lipinski definition) is 0. The minimum absolute atomic E-state index is 0. The summed E-state index contributed by atoms with van der Waals surface area (Å²) in [6.45, 7) is 0. The molecule has 0 radical (unpaired) electrons. The van der Waals surface area contributed by atoms with E-state index in [1.165, 1.54) is 0 Å². The molecular formula is H6BaFeO2. The van der Waals surface area contributed by atoms with Gasteiger partial charge >= 0.3 is 48.9 Å². The smallest absolute Gasteiger partial charge is 1.00 e. The molecule has 4 heteroatoms. The van der Waals surface area contributed by atoms with E-state index in [4.69, 9.17) is 0 Å². The second kappa shape index (κ2) is 19.9. The van der Waals surface area contributed by atoms with Crippen molar-refractivity contribution < 1.29 is 30.9 Å². The van der Waals surface area contributed by atoms with E-state index in [0.29, 0.717) is 0 Å². The van der Waals surface area contributed by atoms with Gasteiger partial charge in [0, 0.05) is 17.1 Å². The van der Waals surface area contributed by atoms with Gasteiger partial charge in [0.1, 0.15) is 0 Å². The third kappa shape index (κ3) is 8.99. The van der Waals surface area contributed by atoms with Crippen LogP contribution >= 0.6 is 0 Å². The summed E-state index contributed by atoms with van der Waals surface area (Å²) in [4.78, 5) is 0. The Morgan fingerprint density at radius 3 is 1.00 bits per heavy atom. The van der Waals surface area contributed by atoms with Gasteiger partial charge in [0.2, 0.25) is 0 Å². The van der Waals surface area contributed by atoms with Gasteiger partial charge in [0.25, 0.3) is 0 Å². The summed E-state index contributed by atoms with van der Waals surface area (Å²) in [5.41, 5.74) is 0. The van der Waals surface area contributed by atoms with E-state index in [-0.39, 0.29) is 79.8 Å². The molecule has 0 atom stereocenters. The summed E-state index contributed by atoms with van der Waals surface area (Å²) in [6.07, 6.45) is 0. The van der Waals surface area contributed by atoms with Crippen LogP contribution in [0.15, 0.2) is 0 Å². The minimum Gasteiger partial charge on any atom is -1.00 e. The van der Waals surface area contributed by atoms with Crippen LogP contribution in [0.1, 0.15) is 2.85 Å². The molecule has 0 spiro atoms. The molecule has 0 saturated heterocycles. The molecule has 0 saturated carbocycles. The van der Waals surface area contributed by atoms with Crippen molar-refractivity contribution in [2.45, 2.75) is 0 Å². The maximum absolute atomic E-state index is 0. The molecule has 0 fully saturated rings. The van der Waals surface area contributed by atoms with Gasteiger partial charge < -0.3 is 13.8 Å². The Hall–Kier alpha value is 2.01. The zero-order valence-corrected chi connectivity index (χ0v) is 7.61. The van der Waals surface area contributed by atoms with Crippen LogP contribution in [0.5, 0.6) is 0 Å². The normalized spacial score (nSPS) is 0. The molecule has 0 aromatic carbocycles. The van der Waals surface area contributed by atoms with Crippen LogP contribution in [0.4, 0.5) is 0 Å². The van der Waals surface area contributed by atoms with Gasteiger partial charge in [-0.2, -0.15) is 0 Å². The average Bonchev–Trinajstić information content (AvgIpc) is 0. The second-order valence-corrected chi connectivity index (χ2v) is 0. The van der Waals surface area contributed by atoms with E-state index in [1.54, 1.807) is 0 Å². The van der Waals surface area contributed by atoms with Crippen molar-refractivity contribution in [3.63, 3.8) is 0 Å². The van der Waals surface area contributed by atoms with Gasteiger partial charge in [-0.05, 0) is 0 Å². The number of rotatable bonds is 0. The van der Waals surface area contributed by atoms with Crippen LogP contribution < -0.4 is 0 Å². The van der Waals surface area contributed by atoms with Crippen LogP contribution in [0.25, 0.3) is 0 Å². The van der Waals surface area contributed by atoms with E-state index in [2.05, 4.69) is 0 Å². The molecule has 0 heterocycles. The monoisotopic (exact) mass is 232 g/mol. The van der Waals surface area contributed by atoms with Gasteiger partial charge in [-0.25, -0.2) is 0 Å². The summed E-state index contributed by atoms with van der Waals surface area (Å²) >= 11 is 0. The molecule has 0 aromatic rings. The van der Waals surface area contributed by atoms with Crippen molar-refractivity contribution in [1.29, 1.82) is 0 Å². The fraction of sp³-hybridized carbons (Fsp3) is 0. The van der Waals surface area contributed by atoms with E-state index < -0.39 is 0 Å². The Bertz CT molecular complexity index is 11.5. The van der Waals surface area contributed by atoms with Gasteiger partial charge in [-0.3, -0.25) is 0 Å². The predicted molar refractivity (Wildman–Crippen MR) is 15.2 cm³/mol. The van der Waals surface area contributed by atoms with E-state index in [0.717, 1.165) is 0 Å². The standard InChI is InChI=1S/Ba.Fe.2H2O.2H/h;;2*1H2;;/q+2;;;;2*-1. The molecule has 4 N–H and O–H groups in total. The van der Waals surface area contributed by atoms with Gasteiger partial charge in [0.05, 0.1) is 0 Å². The topological polar surface area (TPSA) is 63.0 Å². The molecule has 0 aliphatic carbocycles. The minimum atomic E-state index is 0. The van der Waals surface area contributed by atoms with Crippen LogP contribution in [-0.4, -0.2) is 59.8 Å². The Morgan fingerprint density at radius 2 is 1.00 bits per heavy atom. The molecule has 0 aliphatic rings. The maximum atomic E-state index is 0. The second-order valence-electron chi connectivity index (χ2n) is 0. The summed E-state index contributed by atoms with van der Waals surface area (Å²) in [6, 6.07) is 0. The van der Waals surface area contributed by atoms with Gasteiger partial charge in [-0.15, -0.1) is 0 Å². The molecular weight excluding hydrogens is 225 g/mol. The summed E-state index contributed by atoms with van der Waals surface area (Å²) < 4.78 is 0. The largest absolute Gasteiger partial charge is 2.00 e. The first kappa shape index (κ1) is 37.3. The van der Waals surface area contributed by atoms with Crippen LogP contribution in [0.2, 0.25) is 0 Å². The molecule has 0 bridgehead atoms. The first-order chi connectivity index (χ1) is 0. The van der Waals surface area contributed by atoms with E-state index in [9.17, 15) is 0 Å². The Morgan fingerprint density at radius 1 is 1.00 bits per heavy atom. The van der Waals surface area contributed by atoms with E-state index in [1.807, 2.05) is 0 Å². The van der Waals surface area contributed by atoms with Crippen LogP contribution in [0.3, 0.4) is 0 Å². The average molecular weight is 231 g/mol. The SMILES string of the molecule is O.O.[Ba+2].[Fe].[H-].[H-]. The Kier molecular flexibility index (Phi) is 186. The molecule has 0 aliphatic heterocycles. The zero-order valence-electron chi connectivity index (χ0n) is 4.06. The molecule has 0 unspecified atom stereocenters. The Labute approximate surface area is 78.5 Å². The van der Waals surface area contributed by atoms with Crippen molar-refractivity contribution >= 4 is 48.9 Å². The summed E-state index contributed by atoms with van der Waals surface area (Å²) in [7, 11) is 0. The fourth-order valence-corrected chi connectivity index (χ4v) is 0. The first-order valence-electron chi connectivity index (χ1n) is 0. The van der Waals surface area contributed by atoms with Gasteiger partial charge in [0.15, 0.2) is 0 Å². The fourth-order valence-electron chi connectivity index (χ4n) is 0. The summed E-state index contributed by atoms with van der Waals surface area (Å²) in [5.74, 6) is 0. The van der Waals surface area contributed by atoms with Crippen molar-refractivity contribution in [2.24, 2.45) is 0 Å². The zero-order chi connectivity index (χ0) is 0. The van der Waals surface area contributed by atoms with Crippen molar-refractivity contribution in [2.75, 3.05) is 0 Å². The molecule has 0 amide bonds. The predicted octanol–water partition coefficient (Wildman–Crippen LogP) is -1.81. The molecule has 4 heavy (non-hydrogen) atoms. The summed E-state index contributed by atoms with van der Waals surface area (Å²) in [5, 5.41) is 0. The van der Waals surface area contributed by atoms with Crippen molar-refractivity contribution in [1.82, 2.24) is 0 Å². The quantitative estimate of drug-likeness (QED) is 0.441. The van der Waals surface area contributed by atoms with E-state index >= 15 is 0 Å². The Balaban J connectivity index is 0. The van der Waals surface area contributed by atoms with Crippen LogP contribution in [-0.2, 0) is 17.1 Å². The maximum Gasteiger partial charge on any atom is 2.00 e. The molecule has 0 rings (SSSR count). The molecule has 2 nitrogen and oxygen atoms in total. The third-order valence-electron chi connectivity index (χ3n) is 0. The van der Waals surface area contributed by atoms with Gasteiger partial charge in [-0.1, -0.05) is 0 Å². The molecule has 0 aromatic heterocycles. The van der Waals surface area contributed by atoms with Crippen molar-refractivity contribution in [3.8, 4) is 0 Å². The molecule has 28 valence electrons.